The standard InChI is InChI=1S/C50H41N7O8/c1-2-54(34-16-14-31-44-29(34)8-3-10-36(44)56(48(31)62)38-18-21-42(58)51-46(38)60)28-13-20-40-41(25-28)65-50(64-40)53-23-5-7-27(26-53)33-12-6-24-55(33)35-17-15-32-45-30(35)9-4-11-37(45)57(49(32)63)39-19-22-43(59)52-47(39)61/h3-5,7-11,13-17,20,23,25-26,33,38-39,50H,2,6,12,18-19,21-22,24H2,1H3,(H-,51,52,58,59,60,61)/p+1. The van der Waals surface area contributed by atoms with Gasteiger partial charge in [0.25, 0.3) is 11.8 Å². The fraction of sp³-hybridized carbons (Fsp3) is 0.260. The van der Waals surface area contributed by atoms with Crippen molar-refractivity contribution in [3.05, 3.63) is 120 Å². The molecule has 4 unspecified atom stereocenters. The highest BCUT2D eigenvalue weighted by molar-refractivity contribution is 6.30. The molecule has 0 spiro atoms. The minimum absolute atomic E-state index is 0.0282. The van der Waals surface area contributed by atoms with E-state index in [0.29, 0.717) is 40.5 Å². The molecule has 324 valence electrons. The number of fused-ring (bicyclic) bond motifs is 1. The number of nitrogens with zero attached hydrogens (tertiary/aromatic N) is 5. The summed E-state index contributed by atoms with van der Waals surface area (Å²) in [6.45, 7) is 3.48. The second-order valence-electron chi connectivity index (χ2n) is 17.3. The van der Waals surface area contributed by atoms with Crippen LogP contribution in [-0.4, -0.2) is 60.6 Å². The van der Waals surface area contributed by atoms with Gasteiger partial charge in [-0.3, -0.25) is 49.2 Å². The first kappa shape index (κ1) is 38.8. The average molecular weight is 869 g/mol. The van der Waals surface area contributed by atoms with Crippen molar-refractivity contribution in [2.24, 2.45) is 0 Å². The molecule has 12 rings (SSSR count). The average Bonchev–Trinajstić information content (AvgIpc) is 4.10. The number of carbonyl (C=O) groups excluding carboxylic acids is 6. The number of rotatable bonds is 8. The summed E-state index contributed by atoms with van der Waals surface area (Å²) in [5, 5.41) is 8.20. The van der Waals surface area contributed by atoms with E-state index >= 15 is 0 Å². The second kappa shape index (κ2) is 14.6. The molecule has 0 saturated carbocycles. The van der Waals surface area contributed by atoms with E-state index < -0.39 is 30.3 Å². The zero-order chi connectivity index (χ0) is 44.2. The molecule has 0 aliphatic carbocycles. The normalized spacial score (nSPS) is 22.1. The molecule has 6 aliphatic rings. The Kier molecular flexibility index (Phi) is 8.74. The summed E-state index contributed by atoms with van der Waals surface area (Å²) in [5.41, 5.74) is 6.27. The van der Waals surface area contributed by atoms with Crippen molar-refractivity contribution in [3.8, 4) is 11.5 Å². The highest BCUT2D eigenvalue weighted by atomic mass is 16.7. The molecule has 0 radical (unpaired) electrons. The van der Waals surface area contributed by atoms with E-state index in [1.165, 1.54) is 4.90 Å². The molecule has 0 bridgehead atoms. The van der Waals surface area contributed by atoms with Gasteiger partial charge in [0.15, 0.2) is 23.9 Å². The van der Waals surface area contributed by atoms with Crippen LogP contribution in [0, 0.1) is 0 Å². The van der Waals surface area contributed by atoms with Crippen LogP contribution < -0.4 is 44.3 Å². The number of nitrogens with one attached hydrogen (secondary N) is 2. The maximum absolute atomic E-state index is 13.8. The molecule has 3 fully saturated rings. The van der Waals surface area contributed by atoms with Gasteiger partial charge in [-0.25, -0.2) is 0 Å². The summed E-state index contributed by atoms with van der Waals surface area (Å²) in [6.07, 6.45) is 6.02. The van der Waals surface area contributed by atoms with Crippen LogP contribution in [0.5, 0.6) is 11.5 Å². The Morgan fingerprint density at radius 3 is 1.98 bits per heavy atom. The molecule has 65 heavy (non-hydrogen) atoms. The molecule has 2 N–H and O–H groups in total. The molecule has 4 atom stereocenters. The summed E-state index contributed by atoms with van der Waals surface area (Å²) < 4.78 is 14.9. The number of aromatic nitrogens is 1. The largest absolute Gasteiger partial charge is 0.467 e. The number of imide groups is 2. The van der Waals surface area contributed by atoms with E-state index in [1.807, 2.05) is 95.7 Å². The van der Waals surface area contributed by atoms with Crippen molar-refractivity contribution in [2.75, 3.05) is 32.7 Å². The molecular weight excluding hydrogens is 827 g/mol. The van der Waals surface area contributed by atoms with Crippen molar-refractivity contribution in [1.82, 2.24) is 10.6 Å². The number of anilines is 5. The predicted octanol–water partition coefficient (Wildman–Crippen LogP) is 6.24. The Labute approximate surface area is 372 Å². The predicted molar refractivity (Wildman–Crippen MR) is 239 cm³/mol. The van der Waals surface area contributed by atoms with Crippen molar-refractivity contribution in [3.63, 3.8) is 0 Å². The zero-order valence-corrected chi connectivity index (χ0v) is 35.3. The van der Waals surface area contributed by atoms with Gasteiger partial charge in [0.05, 0.1) is 28.5 Å². The Bertz CT molecular complexity index is 3130. The number of benzene rings is 5. The van der Waals surface area contributed by atoms with Crippen LogP contribution in [-0.2, 0) is 19.2 Å². The van der Waals surface area contributed by atoms with Gasteiger partial charge in [-0.2, -0.15) is 0 Å². The van der Waals surface area contributed by atoms with Crippen molar-refractivity contribution in [2.45, 2.75) is 70.0 Å². The highest BCUT2D eigenvalue weighted by Gasteiger charge is 2.44. The van der Waals surface area contributed by atoms with Crippen LogP contribution in [0.2, 0.25) is 0 Å². The van der Waals surface area contributed by atoms with Crippen LogP contribution in [0.15, 0.2) is 103 Å². The smallest absolute Gasteiger partial charge is 0.398 e. The fourth-order valence-corrected chi connectivity index (χ4v) is 10.9. The van der Waals surface area contributed by atoms with Gasteiger partial charge in [0.1, 0.15) is 12.1 Å². The number of ether oxygens (including phenoxy) is 2. The van der Waals surface area contributed by atoms with Gasteiger partial charge >= 0.3 is 6.41 Å². The van der Waals surface area contributed by atoms with E-state index in [1.54, 1.807) is 4.90 Å². The third-order valence-electron chi connectivity index (χ3n) is 13.8. The quantitative estimate of drug-likeness (QED) is 0.132. The third kappa shape index (κ3) is 5.90. The number of carbonyl (C=O) groups is 6. The van der Waals surface area contributed by atoms with Crippen molar-refractivity contribution in [1.29, 1.82) is 0 Å². The van der Waals surface area contributed by atoms with Gasteiger partial charge in [0, 0.05) is 82.2 Å². The number of amides is 6. The Morgan fingerprint density at radius 2 is 1.31 bits per heavy atom. The van der Waals surface area contributed by atoms with E-state index in [-0.39, 0.29) is 55.4 Å². The lowest BCUT2D eigenvalue weighted by atomic mass is 10.0. The van der Waals surface area contributed by atoms with Crippen LogP contribution in [0.1, 0.15) is 84.2 Å². The molecule has 5 aromatic carbocycles. The number of hydrogen-bond donors (Lipinski definition) is 2. The lowest BCUT2D eigenvalue weighted by Gasteiger charge is -2.30. The summed E-state index contributed by atoms with van der Waals surface area (Å²) in [4.78, 5) is 85.0. The fourth-order valence-electron chi connectivity index (χ4n) is 10.9. The van der Waals surface area contributed by atoms with Gasteiger partial charge in [-0.1, -0.05) is 24.3 Å². The molecule has 1 aromatic heterocycles. The van der Waals surface area contributed by atoms with E-state index in [9.17, 15) is 28.8 Å². The maximum Gasteiger partial charge on any atom is 0.467 e. The molecular formula is C50H42N7O8+. The molecule has 15 heteroatoms. The minimum Gasteiger partial charge on any atom is -0.398 e. The molecule has 6 aromatic rings. The molecule has 6 aliphatic heterocycles. The monoisotopic (exact) mass is 868 g/mol. The summed E-state index contributed by atoms with van der Waals surface area (Å²) >= 11 is 0. The first-order valence-corrected chi connectivity index (χ1v) is 22.1. The van der Waals surface area contributed by atoms with Crippen LogP contribution in [0.3, 0.4) is 0 Å². The lowest BCUT2D eigenvalue weighted by Crippen LogP contribution is -2.53. The molecule has 7 heterocycles. The summed E-state index contributed by atoms with van der Waals surface area (Å²) in [7, 11) is 0. The lowest BCUT2D eigenvalue weighted by molar-refractivity contribution is -0.783. The first-order chi connectivity index (χ1) is 31.7. The van der Waals surface area contributed by atoms with Crippen molar-refractivity contribution < 1.29 is 42.8 Å². The van der Waals surface area contributed by atoms with E-state index in [2.05, 4.69) is 39.6 Å². The van der Waals surface area contributed by atoms with Crippen molar-refractivity contribution >= 4 is 85.4 Å². The second-order valence-corrected chi connectivity index (χ2v) is 17.3. The SMILES string of the molecule is CCN(c1ccc2c(c1)OC([n+]1cccc(C3CCCN3c3ccc4c5c(cccc35)N(C3CCC(=O)NC3=O)C4=O)c1)O2)c1ccc2c3c(cccc13)N(C1CCC(=O)NC1=O)C2=O. The van der Waals surface area contributed by atoms with Gasteiger partial charge in [-0.15, -0.1) is 4.57 Å². The number of hydrogen-bond acceptors (Lipinski definition) is 10. The highest BCUT2D eigenvalue weighted by Crippen LogP contribution is 2.48. The molecule has 15 nitrogen and oxygen atoms in total. The zero-order valence-electron chi connectivity index (χ0n) is 35.3. The van der Waals surface area contributed by atoms with Crippen LogP contribution in [0.4, 0.5) is 28.4 Å². The van der Waals surface area contributed by atoms with Crippen LogP contribution in [0.25, 0.3) is 21.5 Å². The molecule has 6 amide bonds. The van der Waals surface area contributed by atoms with E-state index in [4.69, 9.17) is 9.47 Å². The van der Waals surface area contributed by atoms with Gasteiger partial charge < -0.3 is 19.3 Å². The Morgan fingerprint density at radius 1 is 0.662 bits per heavy atom. The molecule has 3 saturated heterocycles. The van der Waals surface area contributed by atoms with Crippen LogP contribution >= 0.6 is 0 Å². The van der Waals surface area contributed by atoms with E-state index in [0.717, 1.165) is 63.6 Å². The Hall–Kier alpha value is -7.81. The third-order valence-corrected chi connectivity index (χ3v) is 13.8. The topological polar surface area (TPSA) is 162 Å². The Balaban J connectivity index is 0.807. The summed E-state index contributed by atoms with van der Waals surface area (Å²) in [5.74, 6) is -0.856. The maximum atomic E-state index is 13.8. The number of pyridine rings is 1. The first-order valence-electron chi connectivity index (χ1n) is 22.1. The summed E-state index contributed by atoms with van der Waals surface area (Å²) in [6, 6.07) is 27.7. The van der Waals surface area contributed by atoms with Gasteiger partial charge in [0.2, 0.25) is 23.6 Å². The minimum atomic E-state index is -0.767. The van der Waals surface area contributed by atoms with Gasteiger partial charge in [-0.05, 0) is 87.2 Å². The number of piperidine rings is 2.